The van der Waals surface area contributed by atoms with Crippen molar-refractivity contribution in [1.82, 2.24) is 0 Å². The SMILES string of the molecule is COC=CCCC(C)S(N)(=O)=O. The van der Waals surface area contributed by atoms with Gasteiger partial charge >= 0.3 is 0 Å². The molecule has 1 unspecified atom stereocenters. The first-order valence-corrected chi connectivity index (χ1v) is 5.29. The van der Waals surface area contributed by atoms with E-state index in [1.165, 1.54) is 6.26 Å². The maximum absolute atomic E-state index is 10.7. The van der Waals surface area contributed by atoms with E-state index in [1.54, 1.807) is 20.1 Å². The van der Waals surface area contributed by atoms with E-state index in [-0.39, 0.29) is 0 Å². The van der Waals surface area contributed by atoms with Crippen molar-refractivity contribution < 1.29 is 13.2 Å². The Morgan fingerprint density at radius 2 is 2.17 bits per heavy atom. The molecule has 0 amide bonds. The van der Waals surface area contributed by atoms with Gasteiger partial charge in [0.2, 0.25) is 10.0 Å². The fourth-order valence-electron chi connectivity index (χ4n) is 0.659. The predicted molar refractivity (Wildman–Crippen MR) is 48.0 cm³/mol. The smallest absolute Gasteiger partial charge is 0.211 e. The number of hydrogen-bond donors (Lipinski definition) is 1. The Hall–Kier alpha value is -0.550. The molecule has 0 fully saturated rings. The van der Waals surface area contributed by atoms with Crippen LogP contribution in [0.4, 0.5) is 0 Å². The van der Waals surface area contributed by atoms with Crippen molar-refractivity contribution in [3.8, 4) is 0 Å². The second-order valence-electron chi connectivity index (χ2n) is 2.58. The summed E-state index contributed by atoms with van der Waals surface area (Å²) < 4.78 is 26.1. The molecule has 0 bridgehead atoms. The fraction of sp³-hybridized carbons (Fsp3) is 0.714. The topological polar surface area (TPSA) is 69.4 Å². The van der Waals surface area contributed by atoms with Crippen molar-refractivity contribution in [3.05, 3.63) is 12.3 Å². The molecule has 0 aliphatic carbocycles. The summed E-state index contributed by atoms with van der Waals surface area (Å²) in [6, 6.07) is 0. The molecular formula is C7H15NO3S. The first-order valence-electron chi connectivity index (χ1n) is 3.68. The molecule has 12 heavy (non-hydrogen) atoms. The van der Waals surface area contributed by atoms with Crippen molar-refractivity contribution in [3.63, 3.8) is 0 Å². The lowest BCUT2D eigenvalue weighted by molar-refractivity contribution is 0.336. The number of methoxy groups -OCH3 is 1. The van der Waals surface area contributed by atoms with E-state index in [4.69, 9.17) is 5.14 Å². The van der Waals surface area contributed by atoms with Crippen molar-refractivity contribution in [2.75, 3.05) is 7.11 Å². The van der Waals surface area contributed by atoms with E-state index >= 15 is 0 Å². The van der Waals surface area contributed by atoms with Crippen LogP contribution in [0, 0.1) is 0 Å². The molecule has 2 N–H and O–H groups in total. The Kier molecular flexibility index (Phi) is 4.92. The zero-order valence-corrected chi connectivity index (χ0v) is 8.17. The van der Waals surface area contributed by atoms with Gasteiger partial charge in [0.05, 0.1) is 18.6 Å². The third-order valence-electron chi connectivity index (χ3n) is 1.53. The molecule has 72 valence electrons. The average molecular weight is 193 g/mol. The van der Waals surface area contributed by atoms with Gasteiger partial charge in [-0.05, 0) is 25.8 Å². The lowest BCUT2D eigenvalue weighted by Crippen LogP contribution is -2.25. The third-order valence-corrected chi connectivity index (χ3v) is 2.89. The highest BCUT2D eigenvalue weighted by molar-refractivity contribution is 7.89. The van der Waals surface area contributed by atoms with Gasteiger partial charge in [-0.25, -0.2) is 13.6 Å². The van der Waals surface area contributed by atoms with Crippen LogP contribution in [0.25, 0.3) is 0 Å². The highest BCUT2D eigenvalue weighted by atomic mass is 32.2. The van der Waals surface area contributed by atoms with Gasteiger partial charge in [-0.2, -0.15) is 0 Å². The predicted octanol–water partition coefficient (Wildman–Crippen LogP) is 0.604. The molecule has 1 atom stereocenters. The third kappa shape index (κ3) is 5.15. The Bertz CT molecular complexity index is 233. The van der Waals surface area contributed by atoms with E-state index < -0.39 is 15.3 Å². The summed E-state index contributed by atoms with van der Waals surface area (Å²) in [5.74, 6) is 0. The van der Waals surface area contributed by atoms with Crippen LogP contribution < -0.4 is 5.14 Å². The Morgan fingerprint density at radius 3 is 2.58 bits per heavy atom. The Labute approximate surface area is 73.5 Å². The summed E-state index contributed by atoms with van der Waals surface area (Å²) in [7, 11) is -1.82. The van der Waals surface area contributed by atoms with Gasteiger partial charge < -0.3 is 4.74 Å². The number of primary sulfonamides is 1. The van der Waals surface area contributed by atoms with Crippen LogP contribution in [0.2, 0.25) is 0 Å². The second-order valence-corrected chi connectivity index (χ2v) is 4.57. The lowest BCUT2D eigenvalue weighted by Gasteiger charge is -2.05. The van der Waals surface area contributed by atoms with E-state index in [1.807, 2.05) is 0 Å². The second kappa shape index (κ2) is 5.16. The number of nitrogens with two attached hydrogens (primary N) is 1. The fourth-order valence-corrected chi connectivity index (χ4v) is 1.12. The van der Waals surface area contributed by atoms with Gasteiger partial charge in [0.15, 0.2) is 0 Å². The normalized spacial score (nSPS) is 14.9. The van der Waals surface area contributed by atoms with Gasteiger partial charge in [0, 0.05) is 0 Å². The molecule has 0 aliphatic rings. The number of sulfonamides is 1. The van der Waals surface area contributed by atoms with Crippen LogP contribution >= 0.6 is 0 Å². The van der Waals surface area contributed by atoms with Crippen molar-refractivity contribution in [2.24, 2.45) is 5.14 Å². The number of allylic oxidation sites excluding steroid dienone is 1. The van der Waals surface area contributed by atoms with Crippen LogP contribution in [0.5, 0.6) is 0 Å². The van der Waals surface area contributed by atoms with Crippen molar-refractivity contribution >= 4 is 10.0 Å². The van der Waals surface area contributed by atoms with E-state index in [9.17, 15) is 8.42 Å². The molecule has 0 spiro atoms. The molecule has 0 rings (SSSR count). The first kappa shape index (κ1) is 11.4. The number of rotatable bonds is 5. The monoisotopic (exact) mass is 193 g/mol. The van der Waals surface area contributed by atoms with Gasteiger partial charge in [0.1, 0.15) is 0 Å². The first-order chi connectivity index (χ1) is 5.48. The van der Waals surface area contributed by atoms with Gasteiger partial charge in [0.25, 0.3) is 0 Å². The molecule has 0 aliphatic heterocycles. The maximum atomic E-state index is 10.7. The van der Waals surface area contributed by atoms with Gasteiger partial charge in [-0.3, -0.25) is 0 Å². The van der Waals surface area contributed by atoms with E-state index in [0.29, 0.717) is 12.8 Å². The Morgan fingerprint density at radius 1 is 1.58 bits per heavy atom. The molecule has 0 aromatic rings. The summed E-state index contributed by atoms with van der Waals surface area (Å²) in [6.07, 6.45) is 4.47. The summed E-state index contributed by atoms with van der Waals surface area (Å²) in [5.41, 5.74) is 0. The van der Waals surface area contributed by atoms with Crippen LogP contribution in [-0.4, -0.2) is 20.8 Å². The molecule has 0 saturated heterocycles. The van der Waals surface area contributed by atoms with Crippen molar-refractivity contribution in [2.45, 2.75) is 25.0 Å². The summed E-state index contributed by atoms with van der Waals surface area (Å²) in [6.45, 7) is 1.59. The Balaban J connectivity index is 3.73. The van der Waals surface area contributed by atoms with Crippen molar-refractivity contribution in [1.29, 1.82) is 0 Å². The number of ether oxygens (including phenoxy) is 1. The molecule has 0 aromatic carbocycles. The minimum atomic E-state index is -3.36. The molecule has 4 nitrogen and oxygen atoms in total. The summed E-state index contributed by atoms with van der Waals surface area (Å²) in [4.78, 5) is 0. The molecule has 0 aromatic heterocycles. The molecular weight excluding hydrogens is 178 g/mol. The largest absolute Gasteiger partial charge is 0.505 e. The maximum Gasteiger partial charge on any atom is 0.211 e. The minimum Gasteiger partial charge on any atom is -0.505 e. The minimum absolute atomic E-state index is 0.487. The van der Waals surface area contributed by atoms with Crippen LogP contribution in [-0.2, 0) is 14.8 Å². The number of hydrogen-bond acceptors (Lipinski definition) is 3. The molecule has 5 heteroatoms. The van der Waals surface area contributed by atoms with Crippen LogP contribution in [0.15, 0.2) is 12.3 Å². The molecule has 0 heterocycles. The van der Waals surface area contributed by atoms with Gasteiger partial charge in [-0.1, -0.05) is 0 Å². The summed E-state index contributed by atoms with van der Waals surface area (Å²) in [5, 5.41) is 4.42. The summed E-state index contributed by atoms with van der Waals surface area (Å²) >= 11 is 0. The molecule has 0 saturated carbocycles. The van der Waals surface area contributed by atoms with Crippen LogP contribution in [0.3, 0.4) is 0 Å². The lowest BCUT2D eigenvalue weighted by atomic mass is 10.2. The standard InChI is InChI=1S/C7H15NO3S/c1-7(12(8,9)10)5-3-4-6-11-2/h4,6-7H,3,5H2,1-2H3,(H2,8,9,10). The van der Waals surface area contributed by atoms with Crippen LogP contribution in [0.1, 0.15) is 19.8 Å². The van der Waals surface area contributed by atoms with E-state index in [0.717, 1.165) is 0 Å². The molecule has 0 radical (unpaired) electrons. The quantitative estimate of drug-likeness (QED) is 0.650. The average Bonchev–Trinajstić information content (AvgIpc) is 1.96. The van der Waals surface area contributed by atoms with Gasteiger partial charge in [-0.15, -0.1) is 0 Å². The zero-order chi connectivity index (χ0) is 9.61. The highest BCUT2D eigenvalue weighted by Crippen LogP contribution is 2.04. The highest BCUT2D eigenvalue weighted by Gasteiger charge is 2.13. The van der Waals surface area contributed by atoms with E-state index in [2.05, 4.69) is 4.74 Å². The zero-order valence-electron chi connectivity index (χ0n) is 7.36.